The van der Waals surface area contributed by atoms with Crippen molar-refractivity contribution in [2.45, 2.75) is 45.4 Å². The molecular weight excluding hydrogens is 584 g/mol. The van der Waals surface area contributed by atoms with Crippen molar-refractivity contribution in [1.82, 2.24) is 0 Å². The first-order valence-electron chi connectivity index (χ1n) is 12.7. The van der Waals surface area contributed by atoms with Crippen LogP contribution in [0.2, 0.25) is 0 Å². The third-order valence-corrected chi connectivity index (χ3v) is 5.16. The van der Waals surface area contributed by atoms with E-state index in [1.807, 2.05) is 0 Å². The highest BCUT2D eigenvalue weighted by Crippen LogP contribution is 2.05. The predicted octanol–water partition coefficient (Wildman–Crippen LogP) is 1.06. The number of benzene rings is 2. The number of hydrogen-bond donors (Lipinski definition) is 8. The van der Waals surface area contributed by atoms with Crippen molar-refractivity contribution < 1.29 is 58.8 Å². The van der Waals surface area contributed by atoms with Gasteiger partial charge >= 0.3 is 23.9 Å². The van der Waals surface area contributed by atoms with Gasteiger partial charge in [0, 0.05) is 25.2 Å². The Bertz CT molecular complexity index is 1140. The van der Waals surface area contributed by atoms with E-state index in [-0.39, 0.29) is 52.3 Å². The molecule has 240 valence electrons. The van der Waals surface area contributed by atoms with Gasteiger partial charge in [0.2, 0.25) is 23.6 Å². The predicted molar refractivity (Wildman–Crippen MR) is 154 cm³/mol. The third kappa shape index (κ3) is 21.0. The van der Waals surface area contributed by atoms with Crippen molar-refractivity contribution in [3.63, 3.8) is 0 Å². The first-order valence-corrected chi connectivity index (χ1v) is 12.7. The van der Waals surface area contributed by atoms with Crippen molar-refractivity contribution >= 4 is 47.5 Å². The minimum Gasteiger partial charge on any atom is -0.478 e. The quantitative estimate of drug-likeness (QED) is 0.146. The van der Waals surface area contributed by atoms with Gasteiger partial charge in [-0.05, 0) is 67.8 Å². The lowest BCUT2D eigenvalue weighted by atomic mass is 10.1. The second kappa shape index (κ2) is 21.9. The van der Waals surface area contributed by atoms with Gasteiger partial charge in [-0.2, -0.15) is 0 Å². The average molecular weight is 621 g/mol. The number of carbonyl (C=O) groups excluding carboxylic acids is 4. The first-order chi connectivity index (χ1) is 20.4. The van der Waals surface area contributed by atoms with Crippen molar-refractivity contribution in [2.24, 2.45) is 28.9 Å². The van der Waals surface area contributed by atoms with Crippen molar-refractivity contribution in [1.29, 1.82) is 0 Å². The lowest BCUT2D eigenvalue weighted by Crippen LogP contribution is -2.22. The number of hydrogen-bond acceptors (Lipinski definition) is 8. The largest absolute Gasteiger partial charge is 0.478 e. The van der Waals surface area contributed by atoms with E-state index < -0.39 is 29.8 Å². The van der Waals surface area contributed by atoms with Crippen molar-refractivity contribution in [3.05, 3.63) is 70.8 Å². The van der Waals surface area contributed by atoms with Gasteiger partial charge in [0.1, 0.15) is 0 Å². The van der Waals surface area contributed by atoms with E-state index in [9.17, 15) is 38.4 Å². The topological polar surface area (TPSA) is 322 Å². The van der Waals surface area contributed by atoms with Gasteiger partial charge in [0.05, 0.1) is 22.3 Å². The van der Waals surface area contributed by atoms with E-state index >= 15 is 0 Å². The van der Waals surface area contributed by atoms with Crippen LogP contribution in [0.5, 0.6) is 0 Å². The fraction of sp³-hybridized carbons (Fsp3) is 0.286. The van der Waals surface area contributed by atoms with E-state index in [2.05, 4.69) is 0 Å². The van der Waals surface area contributed by atoms with Gasteiger partial charge in [-0.15, -0.1) is 0 Å². The molecule has 16 nitrogen and oxygen atoms in total. The smallest absolute Gasteiger partial charge is 0.335 e. The number of primary amides is 4. The van der Waals surface area contributed by atoms with Gasteiger partial charge < -0.3 is 43.4 Å². The van der Waals surface area contributed by atoms with Crippen LogP contribution in [0.3, 0.4) is 0 Å². The Morgan fingerprint density at radius 2 is 0.727 bits per heavy atom. The Kier molecular flexibility index (Phi) is 20.1. The number of unbranched alkanes of at least 4 members (excludes halogenated alkanes) is 1. The SMILES string of the molecule is CC(CCC(N)=O)C(N)=O.NC(=O)CCCCC(N)=O.O=C(O)c1ccc(C(=O)O)cc1.O=C(O)c1ccc(C(=O)O)cc1. The number of aromatic carboxylic acids is 4. The molecule has 0 fully saturated rings. The molecule has 16 heteroatoms. The summed E-state index contributed by atoms with van der Waals surface area (Å²) >= 11 is 0. The summed E-state index contributed by atoms with van der Waals surface area (Å²) < 4.78 is 0. The summed E-state index contributed by atoms with van der Waals surface area (Å²) in [4.78, 5) is 82.2. The normalized spacial score (nSPS) is 10.0. The lowest BCUT2D eigenvalue weighted by Gasteiger charge is -2.02. The zero-order chi connectivity index (χ0) is 34.4. The Hall–Kier alpha value is -5.80. The molecule has 2 rings (SSSR count). The maximum Gasteiger partial charge on any atom is 0.335 e. The lowest BCUT2D eigenvalue weighted by molar-refractivity contribution is -0.122. The van der Waals surface area contributed by atoms with Crippen molar-refractivity contribution in [2.75, 3.05) is 0 Å². The molecule has 1 atom stereocenters. The van der Waals surface area contributed by atoms with Crippen LogP contribution >= 0.6 is 0 Å². The summed E-state index contributed by atoms with van der Waals surface area (Å²) in [5.74, 6) is -5.95. The van der Waals surface area contributed by atoms with Gasteiger partial charge in [-0.3, -0.25) is 19.2 Å². The zero-order valence-electron chi connectivity index (χ0n) is 23.8. The molecule has 0 saturated heterocycles. The van der Waals surface area contributed by atoms with Crippen LogP contribution in [0.1, 0.15) is 86.9 Å². The summed E-state index contributed by atoms with van der Waals surface area (Å²) in [6, 6.07) is 10.0. The average Bonchev–Trinajstić information content (AvgIpc) is 2.94. The molecule has 4 amide bonds. The van der Waals surface area contributed by atoms with Crippen LogP contribution in [0.4, 0.5) is 0 Å². The van der Waals surface area contributed by atoms with E-state index in [0.29, 0.717) is 32.1 Å². The van der Waals surface area contributed by atoms with E-state index in [1.54, 1.807) is 6.92 Å². The van der Waals surface area contributed by atoms with E-state index in [4.69, 9.17) is 43.4 Å². The monoisotopic (exact) mass is 620 g/mol. The van der Waals surface area contributed by atoms with E-state index in [0.717, 1.165) is 0 Å². The molecule has 0 spiro atoms. The van der Waals surface area contributed by atoms with Crippen molar-refractivity contribution in [3.8, 4) is 0 Å². The minimum absolute atomic E-state index is 0.0833. The number of nitrogens with two attached hydrogens (primary N) is 4. The maximum absolute atomic E-state index is 10.4. The van der Waals surface area contributed by atoms with E-state index in [1.165, 1.54) is 48.5 Å². The second-order valence-electron chi connectivity index (χ2n) is 8.82. The van der Waals surface area contributed by atoms with Crippen LogP contribution in [-0.2, 0) is 19.2 Å². The molecule has 0 saturated carbocycles. The van der Waals surface area contributed by atoms with Gasteiger partial charge in [-0.25, -0.2) is 19.2 Å². The summed E-state index contributed by atoms with van der Waals surface area (Å²) in [5, 5.41) is 33.9. The highest BCUT2D eigenvalue weighted by molar-refractivity contribution is 5.92. The van der Waals surface area contributed by atoms with Gasteiger partial charge in [0.15, 0.2) is 0 Å². The second-order valence-corrected chi connectivity index (χ2v) is 8.82. The molecule has 0 aliphatic heterocycles. The fourth-order valence-corrected chi connectivity index (χ4v) is 2.61. The highest BCUT2D eigenvalue weighted by atomic mass is 16.4. The molecule has 0 bridgehead atoms. The molecule has 0 aromatic heterocycles. The number of rotatable bonds is 13. The Balaban J connectivity index is 0. The highest BCUT2D eigenvalue weighted by Gasteiger charge is 2.09. The van der Waals surface area contributed by atoms with Gasteiger partial charge in [0.25, 0.3) is 0 Å². The molecule has 2 aromatic rings. The molecule has 44 heavy (non-hydrogen) atoms. The van der Waals surface area contributed by atoms with Crippen LogP contribution in [0.15, 0.2) is 48.5 Å². The number of amides is 4. The molecule has 2 aromatic carbocycles. The van der Waals surface area contributed by atoms with Gasteiger partial charge in [-0.1, -0.05) is 6.92 Å². The minimum atomic E-state index is -1.06. The van der Waals surface area contributed by atoms with Crippen LogP contribution in [-0.4, -0.2) is 67.9 Å². The molecule has 1 unspecified atom stereocenters. The van der Waals surface area contributed by atoms with Crippen LogP contribution < -0.4 is 22.9 Å². The zero-order valence-corrected chi connectivity index (χ0v) is 23.8. The van der Waals surface area contributed by atoms with Crippen LogP contribution in [0.25, 0.3) is 0 Å². The Morgan fingerprint density at radius 3 is 0.886 bits per heavy atom. The molecule has 0 heterocycles. The summed E-state index contributed by atoms with van der Waals surface area (Å²) in [7, 11) is 0. The summed E-state index contributed by atoms with van der Waals surface area (Å²) in [6.07, 6.45) is 2.66. The molecule has 0 radical (unpaired) electrons. The molecule has 0 aliphatic rings. The third-order valence-electron chi connectivity index (χ3n) is 5.16. The summed E-state index contributed by atoms with van der Waals surface area (Å²) in [6.45, 7) is 1.67. The molecular formula is C28H36N4O12. The van der Waals surface area contributed by atoms with Crippen LogP contribution in [0, 0.1) is 5.92 Å². The number of carboxylic acids is 4. The molecule has 0 aliphatic carbocycles. The fourth-order valence-electron chi connectivity index (χ4n) is 2.61. The summed E-state index contributed by atoms with van der Waals surface area (Å²) in [5.41, 5.74) is 19.8. The number of carboxylic acid groups (broad SMARTS) is 4. The maximum atomic E-state index is 10.4. The standard InChI is InChI=1S/2C8H6O4.2C6H12N2O2/c2*9-7(10)5-1-2-6(4-3-5)8(11)12;1-4(6(8)10)2-3-5(7)9;7-5(9)3-1-2-4-6(8)10/h2*1-4H,(H,9,10)(H,11,12);4H,2-3H2,1H3,(H2,7,9)(H2,8,10);1-4H2,(H2,7,9)(H2,8,10). The number of carbonyl (C=O) groups is 8. The Labute approximate surface area is 251 Å². The first kappa shape index (κ1) is 40.3. The molecule has 12 N–H and O–H groups in total. The Morgan fingerprint density at radius 1 is 0.500 bits per heavy atom.